The van der Waals surface area contributed by atoms with Crippen molar-refractivity contribution in [1.82, 2.24) is 10.6 Å². The molecule has 1 saturated carbocycles. The molecule has 1 aliphatic rings. The molecule has 24 heavy (non-hydrogen) atoms. The Morgan fingerprint density at radius 1 is 1.17 bits per heavy atom. The van der Waals surface area contributed by atoms with Crippen molar-refractivity contribution in [3.63, 3.8) is 0 Å². The van der Waals surface area contributed by atoms with E-state index in [2.05, 4.69) is 10.6 Å². The lowest BCUT2D eigenvalue weighted by Crippen LogP contribution is -2.59. The van der Waals surface area contributed by atoms with E-state index in [9.17, 15) is 14.7 Å². The van der Waals surface area contributed by atoms with Gasteiger partial charge in [0, 0.05) is 6.54 Å². The Bertz CT molecular complexity index is 539. The molecule has 0 aliphatic heterocycles. The van der Waals surface area contributed by atoms with Gasteiger partial charge < -0.3 is 15.7 Å². The van der Waals surface area contributed by atoms with Crippen LogP contribution in [0.1, 0.15) is 63.5 Å². The first-order valence-electron chi connectivity index (χ1n) is 8.90. The number of nitrogens with one attached hydrogen (secondary N) is 2. The number of hydrogen-bond donors (Lipinski definition) is 3. The largest absolute Gasteiger partial charge is 0.388 e. The van der Waals surface area contributed by atoms with E-state index < -0.39 is 11.6 Å². The summed E-state index contributed by atoms with van der Waals surface area (Å²) >= 11 is 0. The Morgan fingerprint density at radius 2 is 1.83 bits per heavy atom. The molecule has 1 aromatic carbocycles. The highest BCUT2D eigenvalue weighted by Gasteiger charge is 2.40. The van der Waals surface area contributed by atoms with Gasteiger partial charge in [-0.05, 0) is 24.8 Å². The third-order valence-electron chi connectivity index (χ3n) is 4.62. The fraction of sp³-hybridized carbons (Fsp3) is 0.579. The Morgan fingerprint density at radius 3 is 2.46 bits per heavy atom. The molecular formula is C19H28N2O3. The van der Waals surface area contributed by atoms with Gasteiger partial charge >= 0.3 is 0 Å². The SMILES string of the molecule is CCCNC(=O)C1(NC(=O)CC(O)c2ccccc2)CCCCC1. The van der Waals surface area contributed by atoms with E-state index in [0.29, 0.717) is 24.9 Å². The highest BCUT2D eigenvalue weighted by atomic mass is 16.3. The van der Waals surface area contributed by atoms with Gasteiger partial charge in [0.1, 0.15) is 5.54 Å². The maximum Gasteiger partial charge on any atom is 0.245 e. The highest BCUT2D eigenvalue weighted by molar-refractivity contribution is 5.91. The zero-order chi connectivity index (χ0) is 17.4. The topological polar surface area (TPSA) is 78.4 Å². The zero-order valence-electron chi connectivity index (χ0n) is 14.4. The average molecular weight is 332 g/mol. The molecule has 5 nitrogen and oxygen atoms in total. The van der Waals surface area contributed by atoms with Gasteiger partial charge in [0.2, 0.25) is 11.8 Å². The van der Waals surface area contributed by atoms with Gasteiger partial charge in [0.05, 0.1) is 12.5 Å². The first-order chi connectivity index (χ1) is 11.6. The van der Waals surface area contributed by atoms with Crippen LogP contribution in [0.2, 0.25) is 0 Å². The van der Waals surface area contributed by atoms with Crippen molar-refractivity contribution in [1.29, 1.82) is 0 Å². The lowest BCUT2D eigenvalue weighted by molar-refractivity contribution is -0.136. The summed E-state index contributed by atoms with van der Waals surface area (Å²) in [5.41, 5.74) is -0.109. The summed E-state index contributed by atoms with van der Waals surface area (Å²) in [6.07, 6.45) is 4.25. The fourth-order valence-corrected chi connectivity index (χ4v) is 3.26. The van der Waals surface area contributed by atoms with E-state index in [-0.39, 0.29) is 18.2 Å². The second kappa shape index (κ2) is 8.83. The fourth-order valence-electron chi connectivity index (χ4n) is 3.26. The highest BCUT2D eigenvalue weighted by Crippen LogP contribution is 2.29. The normalized spacial score (nSPS) is 17.8. The summed E-state index contributed by atoms with van der Waals surface area (Å²) in [6.45, 7) is 2.62. The number of rotatable bonds is 7. The van der Waals surface area contributed by atoms with E-state index in [1.54, 1.807) is 12.1 Å². The standard InChI is InChI=1S/C19H28N2O3/c1-2-13-20-18(24)19(11-7-4-8-12-19)21-17(23)14-16(22)15-9-5-3-6-10-15/h3,5-6,9-10,16,22H,2,4,7-8,11-14H2,1H3,(H,20,24)(H,21,23). The third-order valence-corrected chi connectivity index (χ3v) is 4.62. The number of carbonyl (C=O) groups excluding carboxylic acids is 2. The Balaban J connectivity index is 2.00. The molecule has 1 unspecified atom stereocenters. The lowest BCUT2D eigenvalue weighted by atomic mass is 9.80. The Kier molecular flexibility index (Phi) is 6.79. The molecule has 0 radical (unpaired) electrons. The van der Waals surface area contributed by atoms with Crippen LogP contribution in [0, 0.1) is 0 Å². The van der Waals surface area contributed by atoms with Gasteiger partial charge in [-0.1, -0.05) is 56.5 Å². The summed E-state index contributed by atoms with van der Waals surface area (Å²) in [5.74, 6) is -0.369. The molecule has 5 heteroatoms. The Labute approximate surface area is 143 Å². The predicted octanol–water partition coefficient (Wildman–Crippen LogP) is 2.46. The minimum absolute atomic E-state index is 0.0349. The van der Waals surface area contributed by atoms with Crippen molar-refractivity contribution in [2.45, 2.75) is 63.5 Å². The quantitative estimate of drug-likeness (QED) is 0.718. The van der Waals surface area contributed by atoms with Crippen LogP contribution >= 0.6 is 0 Å². The predicted molar refractivity (Wildman–Crippen MR) is 93.3 cm³/mol. The number of benzene rings is 1. The number of amides is 2. The van der Waals surface area contributed by atoms with Crippen LogP contribution in [-0.2, 0) is 9.59 Å². The van der Waals surface area contributed by atoms with Crippen molar-refractivity contribution < 1.29 is 14.7 Å². The van der Waals surface area contributed by atoms with E-state index in [0.717, 1.165) is 25.7 Å². The third kappa shape index (κ3) is 4.81. The second-order valence-corrected chi connectivity index (χ2v) is 6.58. The molecule has 1 aromatic rings. The molecule has 0 saturated heterocycles. The van der Waals surface area contributed by atoms with Crippen LogP contribution in [0.5, 0.6) is 0 Å². The average Bonchev–Trinajstić information content (AvgIpc) is 2.61. The van der Waals surface area contributed by atoms with Crippen LogP contribution in [0.3, 0.4) is 0 Å². The summed E-state index contributed by atoms with van der Waals surface area (Å²) in [6, 6.07) is 9.12. The van der Waals surface area contributed by atoms with Crippen LogP contribution in [0.15, 0.2) is 30.3 Å². The van der Waals surface area contributed by atoms with Gasteiger partial charge in [-0.2, -0.15) is 0 Å². The van der Waals surface area contributed by atoms with Gasteiger partial charge in [0.25, 0.3) is 0 Å². The van der Waals surface area contributed by atoms with Crippen molar-refractivity contribution in [2.75, 3.05) is 6.54 Å². The number of hydrogen-bond acceptors (Lipinski definition) is 3. The molecule has 0 heterocycles. The van der Waals surface area contributed by atoms with Crippen molar-refractivity contribution in [2.24, 2.45) is 0 Å². The van der Waals surface area contributed by atoms with E-state index in [1.165, 1.54) is 0 Å². The maximum atomic E-state index is 12.6. The monoisotopic (exact) mass is 332 g/mol. The molecule has 3 N–H and O–H groups in total. The van der Waals surface area contributed by atoms with Crippen LogP contribution in [0.25, 0.3) is 0 Å². The first kappa shape index (κ1) is 18.5. The number of carbonyl (C=O) groups is 2. The van der Waals surface area contributed by atoms with Gasteiger partial charge in [-0.3, -0.25) is 9.59 Å². The molecular weight excluding hydrogens is 304 g/mol. The molecule has 1 atom stereocenters. The summed E-state index contributed by atoms with van der Waals surface area (Å²) < 4.78 is 0. The maximum absolute atomic E-state index is 12.6. The summed E-state index contributed by atoms with van der Waals surface area (Å²) in [4.78, 5) is 25.0. The smallest absolute Gasteiger partial charge is 0.245 e. The van der Waals surface area contributed by atoms with Crippen molar-refractivity contribution in [3.05, 3.63) is 35.9 Å². The van der Waals surface area contributed by atoms with Gasteiger partial charge in [-0.15, -0.1) is 0 Å². The number of aliphatic hydroxyl groups is 1. The van der Waals surface area contributed by atoms with E-state index >= 15 is 0 Å². The van der Waals surface area contributed by atoms with Crippen LogP contribution in [-0.4, -0.2) is 29.0 Å². The van der Waals surface area contributed by atoms with Gasteiger partial charge in [0.15, 0.2) is 0 Å². The molecule has 2 amide bonds. The minimum atomic E-state index is -0.856. The van der Waals surface area contributed by atoms with Crippen molar-refractivity contribution >= 4 is 11.8 Å². The van der Waals surface area contributed by atoms with E-state index in [4.69, 9.17) is 0 Å². The van der Waals surface area contributed by atoms with Gasteiger partial charge in [-0.25, -0.2) is 0 Å². The minimum Gasteiger partial charge on any atom is -0.388 e. The molecule has 1 aliphatic carbocycles. The molecule has 0 spiro atoms. The summed E-state index contributed by atoms with van der Waals surface area (Å²) in [7, 11) is 0. The second-order valence-electron chi connectivity index (χ2n) is 6.58. The van der Waals surface area contributed by atoms with Crippen molar-refractivity contribution in [3.8, 4) is 0 Å². The molecule has 0 bridgehead atoms. The number of aliphatic hydroxyl groups excluding tert-OH is 1. The molecule has 2 rings (SSSR count). The molecule has 132 valence electrons. The lowest BCUT2D eigenvalue weighted by Gasteiger charge is -2.36. The Hall–Kier alpha value is -1.88. The molecule has 1 fully saturated rings. The van der Waals surface area contributed by atoms with Crippen LogP contribution in [0.4, 0.5) is 0 Å². The summed E-state index contributed by atoms with van der Waals surface area (Å²) in [5, 5.41) is 16.1. The van der Waals surface area contributed by atoms with E-state index in [1.807, 2.05) is 25.1 Å². The molecule has 0 aromatic heterocycles. The van der Waals surface area contributed by atoms with Crippen LogP contribution < -0.4 is 10.6 Å². The first-order valence-corrected chi connectivity index (χ1v) is 8.90. The zero-order valence-corrected chi connectivity index (χ0v) is 14.4.